The minimum absolute atomic E-state index is 0.0819. The number of carbonyl (C=O) groups excluding carboxylic acids is 2. The van der Waals surface area contributed by atoms with Crippen molar-refractivity contribution in [2.45, 2.75) is 38.6 Å². The maximum atomic E-state index is 13.4. The molecule has 0 saturated carbocycles. The van der Waals surface area contributed by atoms with E-state index >= 15 is 0 Å². The first-order valence-electron chi connectivity index (χ1n) is 12.3. The van der Waals surface area contributed by atoms with Crippen LogP contribution in [0.1, 0.15) is 54.8 Å². The topological polar surface area (TPSA) is 154 Å². The summed E-state index contributed by atoms with van der Waals surface area (Å²) in [6.45, 7) is 5.64. The van der Waals surface area contributed by atoms with Crippen molar-refractivity contribution < 1.29 is 9.59 Å². The van der Waals surface area contributed by atoms with Crippen molar-refractivity contribution in [3.05, 3.63) is 40.5 Å². The van der Waals surface area contributed by atoms with Crippen molar-refractivity contribution in [2.75, 3.05) is 44.0 Å². The van der Waals surface area contributed by atoms with E-state index in [0.717, 1.165) is 46.4 Å². The number of nitrogens with two attached hydrogens (primary N) is 2. The fourth-order valence-electron chi connectivity index (χ4n) is 4.84. The van der Waals surface area contributed by atoms with E-state index in [1.54, 1.807) is 16.2 Å². The second kappa shape index (κ2) is 10.8. The highest BCUT2D eigenvalue weighted by molar-refractivity contribution is 7.18. The third-order valence-electron chi connectivity index (χ3n) is 6.73. The molecule has 1 fully saturated rings. The Kier molecular flexibility index (Phi) is 7.74. The third-order valence-corrected chi connectivity index (χ3v) is 8.00. The fraction of sp³-hybridized carbons (Fsp3) is 0.423. The predicted octanol–water partition coefficient (Wildman–Crippen LogP) is 3.46. The smallest absolute Gasteiger partial charge is 0.314 e. The molecule has 0 aliphatic carbocycles. The van der Waals surface area contributed by atoms with Gasteiger partial charge in [-0.15, -0.1) is 11.3 Å². The molecule has 0 radical (unpaired) electrons. The quantitative estimate of drug-likeness (QED) is 0.285. The van der Waals surface area contributed by atoms with Gasteiger partial charge in [-0.25, -0.2) is 9.97 Å². The number of nitrogens with one attached hydrogen (secondary N) is 2. The highest BCUT2D eigenvalue weighted by Gasteiger charge is 2.35. The zero-order valence-corrected chi connectivity index (χ0v) is 22.4. The summed E-state index contributed by atoms with van der Waals surface area (Å²) in [5.74, 6) is -0.775. The zero-order chi connectivity index (χ0) is 26.9. The van der Waals surface area contributed by atoms with Gasteiger partial charge in [-0.05, 0) is 50.6 Å². The average Bonchev–Trinajstić information content (AvgIpc) is 3.29. The summed E-state index contributed by atoms with van der Waals surface area (Å²) in [6, 6.07) is 5.92. The largest absolute Gasteiger partial charge is 0.396 e. The van der Waals surface area contributed by atoms with Crippen LogP contribution in [0.4, 0.5) is 17.2 Å². The monoisotopic (exact) mass is 522 g/mol. The molecule has 1 aromatic carbocycles. The van der Waals surface area contributed by atoms with Gasteiger partial charge in [0, 0.05) is 25.2 Å². The van der Waals surface area contributed by atoms with Crippen LogP contribution in [0.15, 0.2) is 24.4 Å². The normalized spacial score (nSPS) is 18.7. The number of nitrogen functional groups attached to an aromatic ring is 2. The number of piperidine rings is 1. The van der Waals surface area contributed by atoms with Gasteiger partial charge in [-0.1, -0.05) is 19.9 Å². The lowest BCUT2D eigenvalue weighted by Crippen LogP contribution is -2.46. The van der Waals surface area contributed by atoms with Crippen molar-refractivity contribution in [1.82, 2.24) is 19.8 Å². The molecule has 1 saturated heterocycles. The van der Waals surface area contributed by atoms with E-state index in [-0.39, 0.29) is 34.7 Å². The van der Waals surface area contributed by atoms with Gasteiger partial charge in [-0.2, -0.15) is 0 Å². The Labute approximate surface area is 220 Å². The Bertz CT molecular complexity index is 1340. The number of nitrogens with zero attached hydrogens (tertiary/aromatic N) is 4. The summed E-state index contributed by atoms with van der Waals surface area (Å²) in [4.78, 5) is 39.1. The fourth-order valence-corrected chi connectivity index (χ4v) is 5.83. The molecular formula is C26H34N8O2S. The van der Waals surface area contributed by atoms with Gasteiger partial charge in [0.1, 0.15) is 5.82 Å². The summed E-state index contributed by atoms with van der Waals surface area (Å²) >= 11 is 1.70. The number of aromatic nitrogens is 2. The lowest BCUT2D eigenvalue weighted by Gasteiger charge is -2.38. The van der Waals surface area contributed by atoms with Crippen molar-refractivity contribution >= 4 is 56.8 Å². The van der Waals surface area contributed by atoms with E-state index in [1.807, 2.05) is 6.07 Å². The maximum Gasteiger partial charge on any atom is 0.314 e. The molecule has 1 aliphatic heterocycles. The summed E-state index contributed by atoms with van der Waals surface area (Å²) in [6.07, 6.45) is 3.97. The molecule has 0 spiro atoms. The highest BCUT2D eigenvalue weighted by atomic mass is 32.1. The molecule has 3 heterocycles. The Hall–Kier alpha value is -3.57. The van der Waals surface area contributed by atoms with E-state index in [0.29, 0.717) is 12.5 Å². The average molecular weight is 523 g/mol. The van der Waals surface area contributed by atoms with Crippen molar-refractivity contribution in [3.8, 4) is 0 Å². The SMILES string of the molecule is CC(CN(C)C)c1nc2cc([C@H]3CC[C@H](C)CN3C(=O)C(=O)Nc3cnc(N)c(C=N)c3N)ccc2s1. The first-order valence-corrected chi connectivity index (χ1v) is 13.1. The number of thiazole rings is 1. The molecule has 3 atom stereocenters. The standard InChI is InChI=1S/C26H34N8O2S/c1-14-5-7-20(16-6-8-21-18(9-16)32-25(37-21)15(2)13-33(3)4)34(12-14)26(36)24(35)31-19-11-30-23(29)17(10-27)22(19)28/h6,8-11,14-15,20,27H,5,7,12-13H2,1-4H3,(H,31,35)(H4,28,29,30)/t14-,15?,20+/m0/s1. The Morgan fingerprint density at radius 2 is 2.08 bits per heavy atom. The van der Waals surface area contributed by atoms with Crippen molar-refractivity contribution in [2.24, 2.45) is 5.92 Å². The maximum absolute atomic E-state index is 13.4. The lowest BCUT2D eigenvalue weighted by molar-refractivity contribution is -0.146. The Morgan fingerprint density at radius 1 is 1.32 bits per heavy atom. The Morgan fingerprint density at radius 3 is 2.78 bits per heavy atom. The number of hydrogen-bond acceptors (Lipinski definition) is 9. The van der Waals surface area contributed by atoms with Crippen LogP contribution in [0.3, 0.4) is 0 Å². The molecular weight excluding hydrogens is 488 g/mol. The molecule has 0 bridgehead atoms. The molecule has 37 heavy (non-hydrogen) atoms. The van der Waals surface area contributed by atoms with Gasteiger partial charge < -0.3 is 32.0 Å². The van der Waals surface area contributed by atoms with Crippen LogP contribution in [0.25, 0.3) is 10.2 Å². The molecule has 6 N–H and O–H groups in total. The summed E-state index contributed by atoms with van der Waals surface area (Å²) in [7, 11) is 4.11. The van der Waals surface area contributed by atoms with Gasteiger partial charge in [0.15, 0.2) is 0 Å². The van der Waals surface area contributed by atoms with Gasteiger partial charge in [0.05, 0.1) is 44.4 Å². The van der Waals surface area contributed by atoms with E-state index in [2.05, 4.69) is 55.3 Å². The predicted molar refractivity (Wildman–Crippen MR) is 149 cm³/mol. The first-order chi connectivity index (χ1) is 17.6. The molecule has 2 amide bonds. The number of anilines is 3. The number of likely N-dealkylation sites (N-methyl/N-ethyl adjacent to an activating group) is 1. The highest BCUT2D eigenvalue weighted by Crippen LogP contribution is 2.36. The van der Waals surface area contributed by atoms with Crippen molar-refractivity contribution in [3.63, 3.8) is 0 Å². The van der Waals surface area contributed by atoms with E-state index in [1.165, 1.54) is 6.20 Å². The first kappa shape index (κ1) is 26.5. The second-order valence-electron chi connectivity index (χ2n) is 10.1. The van der Waals surface area contributed by atoms with Gasteiger partial charge in [0.25, 0.3) is 0 Å². The van der Waals surface area contributed by atoms with Gasteiger partial charge in [0.2, 0.25) is 0 Å². The number of benzene rings is 1. The van der Waals surface area contributed by atoms with Crippen LogP contribution in [0.2, 0.25) is 0 Å². The number of likely N-dealkylation sites (tertiary alicyclic amines) is 1. The molecule has 11 heteroatoms. The number of rotatable bonds is 6. The second-order valence-corrected chi connectivity index (χ2v) is 11.1. The van der Waals surface area contributed by atoms with E-state index < -0.39 is 11.8 Å². The number of hydrogen-bond donors (Lipinski definition) is 4. The van der Waals surface area contributed by atoms with Crippen LogP contribution in [-0.4, -0.2) is 65.0 Å². The minimum Gasteiger partial charge on any atom is -0.396 e. The molecule has 1 unspecified atom stereocenters. The summed E-state index contributed by atoms with van der Waals surface area (Å²) in [5, 5.41) is 11.1. The number of fused-ring (bicyclic) bond motifs is 1. The minimum atomic E-state index is -0.803. The third kappa shape index (κ3) is 5.57. The van der Waals surface area contributed by atoms with Crippen LogP contribution in [-0.2, 0) is 9.59 Å². The number of pyridine rings is 1. The van der Waals surface area contributed by atoms with Gasteiger partial charge >= 0.3 is 11.8 Å². The van der Waals surface area contributed by atoms with Crippen LogP contribution in [0.5, 0.6) is 0 Å². The number of amides is 2. The van der Waals surface area contributed by atoms with Crippen LogP contribution < -0.4 is 16.8 Å². The van der Waals surface area contributed by atoms with Crippen LogP contribution >= 0.6 is 11.3 Å². The Balaban J connectivity index is 1.58. The molecule has 196 valence electrons. The molecule has 3 aromatic rings. The molecule has 4 rings (SSSR count). The van der Waals surface area contributed by atoms with Crippen LogP contribution in [0, 0.1) is 11.3 Å². The number of carbonyl (C=O) groups is 2. The summed E-state index contributed by atoms with van der Waals surface area (Å²) < 4.78 is 1.11. The van der Waals surface area contributed by atoms with E-state index in [9.17, 15) is 9.59 Å². The summed E-state index contributed by atoms with van der Waals surface area (Å²) in [5.41, 5.74) is 14.1. The molecule has 2 aromatic heterocycles. The van der Waals surface area contributed by atoms with E-state index in [4.69, 9.17) is 21.9 Å². The van der Waals surface area contributed by atoms with Crippen molar-refractivity contribution in [1.29, 1.82) is 5.41 Å². The van der Waals surface area contributed by atoms with Gasteiger partial charge in [-0.3, -0.25) is 9.59 Å². The lowest BCUT2D eigenvalue weighted by atomic mass is 9.89. The molecule has 10 nitrogen and oxygen atoms in total. The zero-order valence-electron chi connectivity index (χ0n) is 21.6. The molecule has 1 aliphatic rings.